The summed E-state index contributed by atoms with van der Waals surface area (Å²) in [5.74, 6) is -0.129. The van der Waals surface area contributed by atoms with Gasteiger partial charge in [0.15, 0.2) is 0 Å². The zero-order valence-electron chi connectivity index (χ0n) is 11.6. The van der Waals surface area contributed by atoms with E-state index < -0.39 is 5.54 Å². The molecule has 1 fully saturated rings. The van der Waals surface area contributed by atoms with E-state index in [0.717, 1.165) is 30.5 Å². The van der Waals surface area contributed by atoms with E-state index >= 15 is 0 Å². The predicted octanol–water partition coefficient (Wildman–Crippen LogP) is 1.21. The number of nitrogens with zero attached hydrogens (tertiary/aromatic N) is 4. The highest BCUT2D eigenvalue weighted by Crippen LogP contribution is 2.30. The number of benzene rings is 1. The highest BCUT2D eigenvalue weighted by atomic mass is 35.5. The lowest BCUT2D eigenvalue weighted by Gasteiger charge is -2.36. The molecule has 0 spiro atoms. The molecule has 3 N–H and O–H groups in total. The van der Waals surface area contributed by atoms with Crippen LogP contribution in [0, 0.1) is 6.92 Å². The fourth-order valence-electron chi connectivity index (χ4n) is 2.25. The van der Waals surface area contributed by atoms with Gasteiger partial charge in [0.25, 0.3) is 0 Å². The maximum absolute atomic E-state index is 12.1. The number of nitrogens with one attached hydrogen (secondary N) is 1. The fourth-order valence-corrected chi connectivity index (χ4v) is 2.25. The van der Waals surface area contributed by atoms with Crippen LogP contribution in [0.3, 0.4) is 0 Å². The monoisotopic (exact) mass is 308 g/mol. The molecule has 21 heavy (non-hydrogen) atoms. The first-order valence-electron chi connectivity index (χ1n) is 6.53. The number of carbonyl (C=O) groups excluding carboxylic acids is 1. The van der Waals surface area contributed by atoms with Gasteiger partial charge in [-0.15, -0.1) is 17.5 Å². The van der Waals surface area contributed by atoms with Crippen LogP contribution < -0.4 is 11.1 Å². The molecule has 1 aromatic carbocycles. The molecule has 1 aliphatic rings. The zero-order valence-corrected chi connectivity index (χ0v) is 12.4. The molecule has 112 valence electrons. The summed E-state index contributed by atoms with van der Waals surface area (Å²) in [5.41, 5.74) is 7.84. The van der Waals surface area contributed by atoms with Gasteiger partial charge in [0.2, 0.25) is 5.91 Å². The Balaban J connectivity index is 0.00000161. The zero-order chi connectivity index (χ0) is 14.2. The fraction of sp³-hybridized carbons (Fsp3) is 0.385. The van der Waals surface area contributed by atoms with Crippen molar-refractivity contribution in [3.63, 3.8) is 0 Å². The van der Waals surface area contributed by atoms with Gasteiger partial charge in [-0.25, -0.2) is 4.68 Å². The van der Waals surface area contributed by atoms with Gasteiger partial charge < -0.3 is 11.1 Å². The van der Waals surface area contributed by atoms with E-state index in [1.165, 1.54) is 6.33 Å². The van der Waals surface area contributed by atoms with Gasteiger partial charge in [-0.3, -0.25) is 4.79 Å². The smallest absolute Gasteiger partial charge is 0.244 e. The molecule has 2 aromatic rings. The molecule has 1 heterocycles. The lowest BCUT2D eigenvalue weighted by molar-refractivity contribution is -0.123. The number of rotatable bonds is 3. The minimum atomic E-state index is -0.708. The van der Waals surface area contributed by atoms with E-state index in [2.05, 4.69) is 20.8 Å². The van der Waals surface area contributed by atoms with E-state index in [0.29, 0.717) is 5.69 Å². The molecule has 1 saturated carbocycles. The number of carbonyl (C=O) groups is 1. The summed E-state index contributed by atoms with van der Waals surface area (Å²) in [7, 11) is 0. The number of tetrazole rings is 1. The van der Waals surface area contributed by atoms with Crippen LogP contribution in [0.4, 0.5) is 5.69 Å². The molecular weight excluding hydrogens is 292 g/mol. The molecule has 0 bridgehead atoms. The molecule has 8 heteroatoms. The third kappa shape index (κ3) is 2.88. The van der Waals surface area contributed by atoms with Gasteiger partial charge in [0.1, 0.15) is 6.33 Å². The Morgan fingerprint density at radius 3 is 2.76 bits per heavy atom. The Morgan fingerprint density at radius 1 is 1.43 bits per heavy atom. The molecular formula is C13H17ClN6O. The van der Waals surface area contributed by atoms with Crippen molar-refractivity contribution >= 4 is 24.0 Å². The molecule has 0 unspecified atom stereocenters. The Morgan fingerprint density at radius 2 is 2.19 bits per heavy atom. The largest absolute Gasteiger partial charge is 0.324 e. The Hall–Kier alpha value is -1.99. The molecule has 0 saturated heterocycles. The SMILES string of the molecule is Cc1ccc(NC(=O)C2(N)CCC2)cc1-n1cnnn1.Cl. The minimum Gasteiger partial charge on any atom is -0.324 e. The van der Waals surface area contributed by atoms with E-state index in [9.17, 15) is 4.79 Å². The van der Waals surface area contributed by atoms with E-state index in [-0.39, 0.29) is 18.3 Å². The van der Waals surface area contributed by atoms with Crippen LogP contribution >= 0.6 is 12.4 Å². The first kappa shape index (κ1) is 15.4. The van der Waals surface area contributed by atoms with Crippen molar-refractivity contribution in [3.8, 4) is 5.69 Å². The van der Waals surface area contributed by atoms with Gasteiger partial charge in [-0.2, -0.15) is 0 Å². The summed E-state index contributed by atoms with van der Waals surface area (Å²) >= 11 is 0. The standard InChI is InChI=1S/C13H16N6O.ClH/c1-9-3-4-10(7-11(9)19-8-15-17-18-19)16-12(20)13(14)5-2-6-13;/h3-4,7-8H,2,5-6,14H2,1H3,(H,16,20);1H. The van der Waals surface area contributed by atoms with Crippen LogP contribution in [0.2, 0.25) is 0 Å². The maximum atomic E-state index is 12.1. The number of aromatic nitrogens is 4. The summed E-state index contributed by atoms with van der Waals surface area (Å²) in [6, 6.07) is 5.60. The van der Waals surface area contributed by atoms with Crippen molar-refractivity contribution in [2.24, 2.45) is 5.73 Å². The lowest BCUT2D eigenvalue weighted by atomic mass is 9.77. The summed E-state index contributed by atoms with van der Waals surface area (Å²) in [6.45, 7) is 1.96. The lowest BCUT2D eigenvalue weighted by Crippen LogP contribution is -2.56. The summed E-state index contributed by atoms with van der Waals surface area (Å²) in [6.07, 6.45) is 4.01. The minimum absolute atomic E-state index is 0. The van der Waals surface area contributed by atoms with Crippen LogP contribution in [0.5, 0.6) is 0 Å². The average Bonchev–Trinajstić information content (AvgIpc) is 2.92. The second kappa shape index (κ2) is 5.79. The number of hydrogen-bond donors (Lipinski definition) is 2. The normalized spacial score (nSPS) is 15.7. The first-order chi connectivity index (χ1) is 9.58. The first-order valence-corrected chi connectivity index (χ1v) is 6.53. The summed E-state index contributed by atoms with van der Waals surface area (Å²) in [4.78, 5) is 12.1. The number of hydrogen-bond acceptors (Lipinski definition) is 5. The van der Waals surface area contributed by atoms with Crippen molar-refractivity contribution in [2.75, 3.05) is 5.32 Å². The van der Waals surface area contributed by atoms with Gasteiger partial charge in [-0.1, -0.05) is 6.07 Å². The predicted molar refractivity (Wildman–Crippen MR) is 80.5 cm³/mol. The van der Waals surface area contributed by atoms with Crippen molar-refractivity contribution in [1.29, 1.82) is 0 Å². The Bertz CT molecular complexity index is 638. The molecule has 7 nitrogen and oxygen atoms in total. The number of aryl methyl sites for hydroxylation is 1. The van der Waals surface area contributed by atoms with E-state index in [1.807, 2.05) is 25.1 Å². The maximum Gasteiger partial charge on any atom is 0.244 e. The number of halogens is 1. The molecule has 1 aliphatic carbocycles. The number of anilines is 1. The number of amides is 1. The second-order valence-corrected chi connectivity index (χ2v) is 5.22. The van der Waals surface area contributed by atoms with Crippen LogP contribution in [-0.2, 0) is 4.79 Å². The Kier molecular flexibility index (Phi) is 4.24. The average molecular weight is 309 g/mol. The molecule has 1 aromatic heterocycles. The van der Waals surface area contributed by atoms with Gasteiger partial charge in [-0.05, 0) is 54.3 Å². The molecule has 1 amide bonds. The molecule has 3 rings (SSSR count). The molecule has 0 atom stereocenters. The quantitative estimate of drug-likeness (QED) is 0.888. The van der Waals surface area contributed by atoms with Gasteiger partial charge >= 0.3 is 0 Å². The third-order valence-electron chi connectivity index (χ3n) is 3.76. The van der Waals surface area contributed by atoms with Crippen molar-refractivity contribution < 1.29 is 4.79 Å². The van der Waals surface area contributed by atoms with Crippen LogP contribution in [0.25, 0.3) is 5.69 Å². The van der Waals surface area contributed by atoms with Gasteiger partial charge in [0, 0.05) is 5.69 Å². The van der Waals surface area contributed by atoms with Crippen molar-refractivity contribution in [3.05, 3.63) is 30.1 Å². The summed E-state index contributed by atoms with van der Waals surface area (Å²) < 4.78 is 1.56. The van der Waals surface area contributed by atoms with Crippen LogP contribution in [0.15, 0.2) is 24.5 Å². The summed E-state index contributed by atoms with van der Waals surface area (Å²) in [5, 5.41) is 14.0. The van der Waals surface area contributed by atoms with E-state index in [1.54, 1.807) is 4.68 Å². The topological polar surface area (TPSA) is 98.7 Å². The highest BCUT2D eigenvalue weighted by molar-refractivity contribution is 5.98. The highest BCUT2D eigenvalue weighted by Gasteiger charge is 2.40. The van der Waals surface area contributed by atoms with Crippen LogP contribution in [-0.4, -0.2) is 31.7 Å². The van der Waals surface area contributed by atoms with Crippen molar-refractivity contribution in [2.45, 2.75) is 31.7 Å². The second-order valence-electron chi connectivity index (χ2n) is 5.22. The number of nitrogens with two attached hydrogens (primary N) is 1. The molecule has 0 aliphatic heterocycles. The van der Waals surface area contributed by atoms with Crippen molar-refractivity contribution in [1.82, 2.24) is 20.2 Å². The van der Waals surface area contributed by atoms with Gasteiger partial charge in [0.05, 0.1) is 11.2 Å². The Labute approximate surface area is 128 Å². The van der Waals surface area contributed by atoms with Crippen LogP contribution in [0.1, 0.15) is 24.8 Å². The van der Waals surface area contributed by atoms with E-state index in [4.69, 9.17) is 5.73 Å². The third-order valence-corrected chi connectivity index (χ3v) is 3.76. The molecule has 0 radical (unpaired) electrons.